The first-order valence-electron chi connectivity index (χ1n) is 4.19. The summed E-state index contributed by atoms with van der Waals surface area (Å²) in [4.78, 5) is 0. The summed E-state index contributed by atoms with van der Waals surface area (Å²) < 4.78 is 51.7. The lowest BCUT2D eigenvalue weighted by molar-refractivity contribution is -0.0516. The minimum atomic E-state index is -3.13. The third-order valence-electron chi connectivity index (χ3n) is 2.03. The molecule has 0 aromatic heterocycles. The third-order valence-corrected chi connectivity index (χ3v) is 2.03. The van der Waals surface area contributed by atoms with Crippen LogP contribution in [0.25, 0.3) is 0 Å². The summed E-state index contributed by atoms with van der Waals surface area (Å²) in [6.07, 6.45) is 0. The van der Waals surface area contributed by atoms with Gasteiger partial charge in [-0.15, -0.1) is 0 Å². The Bertz CT molecular complexity index is 331. The average Bonchev–Trinajstić information content (AvgIpc) is 2.09. The summed E-state index contributed by atoms with van der Waals surface area (Å²) in [5.74, 6) is -6.45. The summed E-state index contributed by atoms with van der Waals surface area (Å²) in [7, 11) is 0. The molecule has 0 atom stereocenters. The van der Waals surface area contributed by atoms with Gasteiger partial charge in [-0.2, -0.15) is 0 Å². The van der Waals surface area contributed by atoms with E-state index in [1.807, 2.05) is 0 Å². The van der Waals surface area contributed by atoms with E-state index in [1.54, 1.807) is 0 Å². The molecule has 0 fully saturated rings. The molecule has 0 bridgehead atoms. The first-order valence-corrected chi connectivity index (χ1v) is 4.19. The molecule has 0 aliphatic heterocycles. The van der Waals surface area contributed by atoms with Crippen molar-refractivity contribution in [2.24, 2.45) is 5.92 Å². The molecule has 0 amide bonds. The summed E-state index contributed by atoms with van der Waals surface area (Å²) in [6, 6.07) is 2.15. The van der Waals surface area contributed by atoms with E-state index in [2.05, 4.69) is 0 Å². The van der Waals surface area contributed by atoms with Crippen LogP contribution in [0.5, 0.6) is 0 Å². The van der Waals surface area contributed by atoms with Gasteiger partial charge in [-0.1, -0.05) is 13.8 Å². The second-order valence-corrected chi connectivity index (χ2v) is 3.41. The van der Waals surface area contributed by atoms with Crippen molar-refractivity contribution in [1.29, 1.82) is 0 Å². The van der Waals surface area contributed by atoms with Crippen molar-refractivity contribution in [1.82, 2.24) is 0 Å². The summed E-state index contributed by atoms with van der Waals surface area (Å²) >= 11 is 0. The Balaban J connectivity index is 3.14. The van der Waals surface area contributed by atoms with E-state index in [9.17, 15) is 17.6 Å². The molecule has 0 aliphatic carbocycles. The molecule has 0 saturated heterocycles. The van der Waals surface area contributed by atoms with Gasteiger partial charge in [-0.25, -0.2) is 17.6 Å². The molecule has 0 radical (unpaired) electrons. The Hall–Kier alpha value is -1.06. The van der Waals surface area contributed by atoms with Crippen molar-refractivity contribution < 1.29 is 17.6 Å². The van der Waals surface area contributed by atoms with Crippen molar-refractivity contribution >= 4 is 0 Å². The Morgan fingerprint density at radius 2 is 1.64 bits per heavy atom. The van der Waals surface area contributed by atoms with Crippen LogP contribution in [0.4, 0.5) is 17.6 Å². The van der Waals surface area contributed by atoms with Crippen LogP contribution in [0.1, 0.15) is 19.4 Å². The highest BCUT2D eigenvalue weighted by atomic mass is 19.3. The SMILES string of the molecule is CC(C)C(F)(F)c1ccc(F)c(F)c1. The normalized spacial score (nSPS) is 12.2. The van der Waals surface area contributed by atoms with Crippen molar-refractivity contribution in [2.75, 3.05) is 0 Å². The third kappa shape index (κ3) is 1.89. The van der Waals surface area contributed by atoms with Crippen LogP contribution in [-0.2, 0) is 5.92 Å². The van der Waals surface area contributed by atoms with Gasteiger partial charge in [0.1, 0.15) is 0 Å². The largest absolute Gasteiger partial charge is 0.275 e. The van der Waals surface area contributed by atoms with E-state index in [0.29, 0.717) is 12.1 Å². The molecule has 0 unspecified atom stereocenters. The molecule has 0 saturated carbocycles. The lowest BCUT2D eigenvalue weighted by Gasteiger charge is -2.20. The fourth-order valence-electron chi connectivity index (χ4n) is 1.04. The van der Waals surface area contributed by atoms with Crippen molar-refractivity contribution in [3.05, 3.63) is 35.4 Å². The summed E-state index contributed by atoms with van der Waals surface area (Å²) in [5.41, 5.74) is -0.494. The molecule has 0 heterocycles. The molecule has 1 aromatic rings. The number of hydrogen-bond acceptors (Lipinski definition) is 0. The lowest BCUT2D eigenvalue weighted by Crippen LogP contribution is -2.21. The van der Waals surface area contributed by atoms with Crippen molar-refractivity contribution in [2.45, 2.75) is 19.8 Å². The topological polar surface area (TPSA) is 0 Å². The van der Waals surface area contributed by atoms with Gasteiger partial charge < -0.3 is 0 Å². The van der Waals surface area contributed by atoms with Crippen LogP contribution in [-0.4, -0.2) is 0 Å². The maximum Gasteiger partial charge on any atom is 0.275 e. The van der Waals surface area contributed by atoms with Gasteiger partial charge in [0.15, 0.2) is 11.6 Å². The Labute approximate surface area is 79.6 Å². The molecule has 14 heavy (non-hydrogen) atoms. The zero-order chi connectivity index (χ0) is 10.9. The molecular formula is C10H10F4. The van der Waals surface area contributed by atoms with Crippen LogP contribution in [0.3, 0.4) is 0 Å². The van der Waals surface area contributed by atoms with Gasteiger partial charge in [0.2, 0.25) is 0 Å². The van der Waals surface area contributed by atoms with E-state index >= 15 is 0 Å². The molecule has 0 aliphatic rings. The first-order chi connectivity index (χ1) is 6.35. The van der Waals surface area contributed by atoms with Gasteiger partial charge in [0, 0.05) is 11.5 Å². The van der Waals surface area contributed by atoms with Crippen LogP contribution < -0.4 is 0 Å². The quantitative estimate of drug-likeness (QED) is 0.647. The number of halogens is 4. The smallest absolute Gasteiger partial charge is 0.204 e. The van der Waals surface area contributed by atoms with Crippen molar-refractivity contribution in [3.63, 3.8) is 0 Å². The predicted octanol–water partition coefficient (Wildman–Crippen LogP) is 3.71. The van der Waals surface area contributed by atoms with E-state index in [0.717, 1.165) is 6.07 Å². The predicted molar refractivity (Wildman–Crippen MR) is 45.1 cm³/mol. The Morgan fingerprint density at radius 3 is 2.07 bits per heavy atom. The summed E-state index contributed by atoms with van der Waals surface area (Å²) in [5, 5.41) is 0. The summed E-state index contributed by atoms with van der Waals surface area (Å²) in [6.45, 7) is 2.64. The second kappa shape index (κ2) is 3.59. The minimum absolute atomic E-state index is 0.494. The fraction of sp³-hybridized carbons (Fsp3) is 0.400. The van der Waals surface area contributed by atoms with Crippen LogP contribution >= 0.6 is 0 Å². The monoisotopic (exact) mass is 206 g/mol. The van der Waals surface area contributed by atoms with Gasteiger partial charge in [-0.3, -0.25) is 0 Å². The fourth-order valence-corrected chi connectivity index (χ4v) is 1.04. The molecule has 0 N–H and O–H groups in total. The lowest BCUT2D eigenvalue weighted by atomic mass is 9.98. The minimum Gasteiger partial charge on any atom is -0.204 e. The van der Waals surface area contributed by atoms with Crippen LogP contribution in [0.2, 0.25) is 0 Å². The van der Waals surface area contributed by atoms with Gasteiger partial charge in [0.25, 0.3) is 5.92 Å². The highest BCUT2D eigenvalue weighted by molar-refractivity contribution is 5.22. The Kier molecular flexibility index (Phi) is 2.83. The van der Waals surface area contributed by atoms with E-state index in [-0.39, 0.29) is 0 Å². The average molecular weight is 206 g/mol. The van der Waals surface area contributed by atoms with E-state index in [1.165, 1.54) is 13.8 Å². The van der Waals surface area contributed by atoms with Crippen LogP contribution in [0.15, 0.2) is 18.2 Å². The molecular weight excluding hydrogens is 196 g/mol. The first kappa shape index (κ1) is 11.0. The second-order valence-electron chi connectivity index (χ2n) is 3.41. The van der Waals surface area contributed by atoms with Gasteiger partial charge >= 0.3 is 0 Å². The molecule has 1 aromatic carbocycles. The highest BCUT2D eigenvalue weighted by Crippen LogP contribution is 2.35. The van der Waals surface area contributed by atoms with Crippen molar-refractivity contribution in [3.8, 4) is 0 Å². The number of rotatable bonds is 2. The maximum absolute atomic E-state index is 13.3. The van der Waals surface area contributed by atoms with E-state index in [4.69, 9.17) is 0 Å². The molecule has 1 rings (SSSR count). The molecule has 4 heteroatoms. The number of benzene rings is 1. The highest BCUT2D eigenvalue weighted by Gasteiger charge is 2.35. The standard InChI is InChI=1S/C10H10F4/c1-6(2)10(13,14)7-3-4-8(11)9(12)5-7/h3-6H,1-2H3. The Morgan fingerprint density at radius 1 is 1.07 bits per heavy atom. The van der Waals surface area contributed by atoms with Crippen LogP contribution in [0, 0.1) is 17.6 Å². The zero-order valence-electron chi connectivity index (χ0n) is 7.82. The number of hydrogen-bond donors (Lipinski definition) is 0. The number of alkyl halides is 2. The van der Waals surface area contributed by atoms with Gasteiger partial charge in [-0.05, 0) is 18.2 Å². The zero-order valence-corrected chi connectivity index (χ0v) is 7.82. The molecule has 78 valence electrons. The maximum atomic E-state index is 13.3. The molecule has 0 spiro atoms. The van der Waals surface area contributed by atoms with Gasteiger partial charge in [0.05, 0.1) is 0 Å². The molecule has 0 nitrogen and oxygen atoms in total. The van der Waals surface area contributed by atoms with E-state index < -0.39 is 29.0 Å².